The van der Waals surface area contributed by atoms with Crippen molar-refractivity contribution in [3.05, 3.63) is 57.3 Å². The van der Waals surface area contributed by atoms with E-state index in [1.165, 1.54) is 12.1 Å². The summed E-state index contributed by atoms with van der Waals surface area (Å²) in [5.41, 5.74) is 1.34. The third-order valence-corrected chi connectivity index (χ3v) is 4.12. The highest BCUT2D eigenvalue weighted by Gasteiger charge is 2.27. The van der Waals surface area contributed by atoms with Crippen LogP contribution in [0.25, 0.3) is 0 Å². The number of thiophene rings is 1. The Morgan fingerprint density at radius 3 is 2.20 bits per heavy atom. The Balaban J connectivity index is 1.82. The van der Waals surface area contributed by atoms with Crippen LogP contribution < -0.4 is 5.32 Å². The molecule has 2 rings (SSSR count). The maximum Gasteiger partial charge on any atom is 0.411 e. The van der Waals surface area contributed by atoms with Gasteiger partial charge in [0.2, 0.25) is 0 Å². The Hall–Kier alpha value is -2.39. The first kappa shape index (κ1) is 18.9. The Morgan fingerprint density at radius 1 is 1.04 bits per heavy atom. The monoisotopic (exact) mass is 373 g/mol. The van der Waals surface area contributed by atoms with Gasteiger partial charge in [-0.15, -0.1) is 11.3 Å². The van der Waals surface area contributed by atoms with Crippen LogP contribution in [-0.2, 0) is 17.9 Å². The van der Waals surface area contributed by atoms with Gasteiger partial charge in [-0.25, -0.2) is 4.79 Å². The first-order valence-electron chi connectivity index (χ1n) is 7.08. The van der Waals surface area contributed by atoms with Crippen LogP contribution in [0.5, 0.6) is 0 Å². The normalized spacial score (nSPS) is 11.3. The summed E-state index contributed by atoms with van der Waals surface area (Å²) in [4.78, 5) is 23.1. The highest BCUT2D eigenvalue weighted by atomic mass is 32.1. The van der Waals surface area contributed by atoms with Crippen molar-refractivity contribution in [2.24, 2.45) is 0 Å². The lowest BCUT2D eigenvalue weighted by atomic mass is 10.1. The predicted molar refractivity (Wildman–Crippen MR) is 84.6 cm³/mol. The number of hydrogen-bond acceptors (Lipinski definition) is 4. The number of hydrogen-bond donors (Lipinski definition) is 2. The number of amides is 1. The van der Waals surface area contributed by atoms with E-state index in [0.717, 1.165) is 16.9 Å². The molecule has 0 atom stereocenters. The number of alkyl halides is 3. The van der Waals surface area contributed by atoms with Gasteiger partial charge < -0.3 is 15.2 Å². The molecule has 2 N–H and O–H groups in total. The number of halogens is 3. The van der Waals surface area contributed by atoms with E-state index in [1.54, 1.807) is 24.3 Å². The van der Waals surface area contributed by atoms with Gasteiger partial charge in [0.1, 0.15) is 11.5 Å². The fourth-order valence-corrected chi connectivity index (χ4v) is 2.64. The van der Waals surface area contributed by atoms with Crippen molar-refractivity contribution in [1.82, 2.24) is 5.32 Å². The van der Waals surface area contributed by atoms with E-state index in [-0.39, 0.29) is 22.9 Å². The molecule has 1 heterocycles. The molecule has 0 fully saturated rings. The number of aromatic carboxylic acids is 1. The molecule has 25 heavy (non-hydrogen) atoms. The Bertz CT molecular complexity index is 741. The lowest BCUT2D eigenvalue weighted by Gasteiger charge is -2.08. The van der Waals surface area contributed by atoms with E-state index >= 15 is 0 Å². The Labute approximate surface area is 145 Å². The van der Waals surface area contributed by atoms with Crippen LogP contribution in [0.3, 0.4) is 0 Å². The number of ether oxygens (including phenoxy) is 1. The third-order valence-electron chi connectivity index (χ3n) is 3.05. The lowest BCUT2D eigenvalue weighted by Crippen LogP contribution is -2.21. The topological polar surface area (TPSA) is 75.6 Å². The molecule has 134 valence electrons. The number of rotatable bonds is 7. The number of nitrogens with one attached hydrogen (secondary N) is 1. The van der Waals surface area contributed by atoms with Crippen LogP contribution in [0.2, 0.25) is 0 Å². The zero-order valence-electron chi connectivity index (χ0n) is 12.8. The second kappa shape index (κ2) is 8.13. The smallest absolute Gasteiger partial charge is 0.411 e. The number of carbonyl (C=O) groups is 2. The zero-order valence-corrected chi connectivity index (χ0v) is 13.6. The van der Waals surface area contributed by atoms with E-state index in [9.17, 15) is 22.8 Å². The summed E-state index contributed by atoms with van der Waals surface area (Å²) < 4.78 is 40.5. The molecule has 9 heteroatoms. The van der Waals surface area contributed by atoms with Gasteiger partial charge in [0.05, 0.1) is 11.5 Å². The van der Waals surface area contributed by atoms with Crippen molar-refractivity contribution >= 4 is 23.2 Å². The van der Waals surface area contributed by atoms with E-state index in [4.69, 9.17) is 5.11 Å². The van der Waals surface area contributed by atoms with Crippen molar-refractivity contribution in [3.63, 3.8) is 0 Å². The maximum absolute atomic E-state index is 12.0. The average molecular weight is 373 g/mol. The largest absolute Gasteiger partial charge is 0.477 e. The summed E-state index contributed by atoms with van der Waals surface area (Å²) in [5, 5.41) is 11.5. The van der Waals surface area contributed by atoms with Gasteiger partial charge >= 0.3 is 12.1 Å². The van der Waals surface area contributed by atoms with Gasteiger partial charge in [-0.05, 0) is 23.3 Å². The molecular formula is C16H14F3NO4S. The Morgan fingerprint density at radius 2 is 1.64 bits per heavy atom. The molecule has 0 radical (unpaired) electrons. The van der Waals surface area contributed by atoms with Crippen LogP contribution in [0.1, 0.15) is 30.5 Å². The van der Waals surface area contributed by atoms with Gasteiger partial charge in [-0.3, -0.25) is 4.79 Å². The average Bonchev–Trinajstić information content (AvgIpc) is 3.03. The fraction of sp³-hybridized carbons (Fsp3) is 0.250. The molecule has 5 nitrogen and oxygen atoms in total. The first-order valence-corrected chi connectivity index (χ1v) is 7.90. The second-order valence-corrected chi connectivity index (χ2v) is 6.16. The van der Waals surface area contributed by atoms with E-state index in [2.05, 4.69) is 10.1 Å². The summed E-state index contributed by atoms with van der Waals surface area (Å²) >= 11 is 0.878. The van der Waals surface area contributed by atoms with E-state index in [1.807, 2.05) is 0 Å². The minimum Gasteiger partial charge on any atom is -0.477 e. The highest BCUT2D eigenvalue weighted by molar-refractivity contribution is 7.15. The van der Waals surface area contributed by atoms with Crippen molar-refractivity contribution in [1.29, 1.82) is 0 Å². The first-order chi connectivity index (χ1) is 11.7. The lowest BCUT2D eigenvalue weighted by molar-refractivity contribution is -0.176. The molecule has 1 aromatic heterocycles. The quantitative estimate of drug-likeness (QED) is 0.779. The SMILES string of the molecule is O=C(O)c1ccc(C(=O)NCc2ccc(COCC(F)(F)F)cc2)s1. The van der Waals surface area contributed by atoms with E-state index < -0.39 is 24.7 Å². The highest BCUT2D eigenvalue weighted by Crippen LogP contribution is 2.17. The van der Waals surface area contributed by atoms with Crippen molar-refractivity contribution in [2.75, 3.05) is 6.61 Å². The molecule has 0 aliphatic carbocycles. The minimum atomic E-state index is -4.35. The summed E-state index contributed by atoms with van der Waals surface area (Å²) in [7, 11) is 0. The van der Waals surface area contributed by atoms with Crippen molar-refractivity contribution < 1.29 is 32.6 Å². The summed E-state index contributed by atoms with van der Waals surface area (Å²) in [5.74, 6) is -1.48. The van der Waals surface area contributed by atoms with Crippen LogP contribution >= 0.6 is 11.3 Å². The number of benzene rings is 1. The fourth-order valence-electron chi connectivity index (χ4n) is 1.88. The molecule has 1 aromatic carbocycles. The molecular weight excluding hydrogens is 359 g/mol. The third kappa shape index (κ3) is 6.20. The van der Waals surface area contributed by atoms with Gasteiger partial charge in [-0.2, -0.15) is 13.2 Å². The zero-order chi connectivity index (χ0) is 18.4. The number of carbonyl (C=O) groups excluding carboxylic acids is 1. The van der Waals surface area contributed by atoms with Crippen molar-refractivity contribution in [3.8, 4) is 0 Å². The van der Waals surface area contributed by atoms with Crippen LogP contribution in [0.15, 0.2) is 36.4 Å². The van der Waals surface area contributed by atoms with Crippen LogP contribution in [0.4, 0.5) is 13.2 Å². The molecule has 2 aromatic rings. The Kier molecular flexibility index (Phi) is 6.16. The summed E-state index contributed by atoms with van der Waals surface area (Å²) in [6, 6.07) is 9.37. The van der Waals surface area contributed by atoms with Gasteiger partial charge in [0, 0.05) is 6.54 Å². The molecule has 1 amide bonds. The van der Waals surface area contributed by atoms with Gasteiger partial charge in [0.25, 0.3) is 5.91 Å². The predicted octanol–water partition coefficient (Wildman–Crippen LogP) is 3.46. The molecule has 0 bridgehead atoms. The molecule has 0 unspecified atom stereocenters. The standard InChI is InChI=1S/C16H14F3NO4S/c17-16(18,19)9-24-8-11-3-1-10(2-4-11)7-20-14(21)12-5-6-13(25-12)15(22)23/h1-6H,7-9H2,(H,20,21)(H,22,23). The molecule has 0 saturated carbocycles. The van der Waals surface area contributed by atoms with Gasteiger partial charge in [0.15, 0.2) is 0 Å². The molecule has 0 aliphatic heterocycles. The number of carboxylic acid groups (broad SMARTS) is 1. The van der Waals surface area contributed by atoms with Gasteiger partial charge in [-0.1, -0.05) is 24.3 Å². The van der Waals surface area contributed by atoms with Crippen molar-refractivity contribution in [2.45, 2.75) is 19.3 Å². The molecule has 0 aliphatic rings. The van der Waals surface area contributed by atoms with Crippen LogP contribution in [-0.4, -0.2) is 29.8 Å². The maximum atomic E-state index is 12.0. The molecule has 0 spiro atoms. The summed E-state index contributed by atoms with van der Waals surface area (Å²) in [6.07, 6.45) is -4.35. The second-order valence-electron chi connectivity index (χ2n) is 5.08. The number of carboxylic acids is 1. The van der Waals surface area contributed by atoms with Crippen LogP contribution in [0, 0.1) is 0 Å². The summed E-state index contributed by atoms with van der Waals surface area (Å²) in [6.45, 7) is -1.24. The minimum absolute atomic E-state index is 0.0772. The molecule has 0 saturated heterocycles. The van der Waals surface area contributed by atoms with E-state index in [0.29, 0.717) is 5.56 Å².